The third kappa shape index (κ3) is 4.84. The average molecular weight is 257 g/mol. The number of methoxy groups -OCH3 is 1. The van der Waals surface area contributed by atoms with Gasteiger partial charge in [0.2, 0.25) is 0 Å². The second-order valence-corrected chi connectivity index (χ2v) is 6.11. The summed E-state index contributed by atoms with van der Waals surface area (Å²) >= 11 is 0. The topological polar surface area (TPSA) is 50.5 Å². The Labute approximate surface area is 112 Å². The van der Waals surface area contributed by atoms with Crippen LogP contribution in [0.4, 0.5) is 0 Å². The van der Waals surface area contributed by atoms with Gasteiger partial charge in [0.15, 0.2) is 0 Å². The van der Waals surface area contributed by atoms with Crippen LogP contribution in [0.5, 0.6) is 0 Å². The van der Waals surface area contributed by atoms with Gasteiger partial charge in [0.05, 0.1) is 6.10 Å². The van der Waals surface area contributed by atoms with E-state index in [-0.39, 0.29) is 11.6 Å². The van der Waals surface area contributed by atoms with Crippen LogP contribution in [0.1, 0.15) is 33.6 Å². The summed E-state index contributed by atoms with van der Waals surface area (Å²) in [6, 6.07) is 0. The fraction of sp³-hybridized carbons (Fsp3) is 1.00. The Balaban J connectivity index is 2.39. The van der Waals surface area contributed by atoms with Gasteiger partial charge in [0, 0.05) is 32.3 Å². The molecule has 1 atom stereocenters. The highest BCUT2D eigenvalue weighted by atomic mass is 16.5. The molecule has 0 bridgehead atoms. The van der Waals surface area contributed by atoms with Crippen LogP contribution in [-0.2, 0) is 4.74 Å². The molecule has 1 rings (SSSR count). The molecule has 0 amide bonds. The number of nitrogens with two attached hydrogens (primary N) is 1. The standard InChI is InChI=1S/C14H31N3O/c1-12(2)10-17-7-5-14(11-15,6-8-17)16-9-13(3)18-4/h12-13,16H,5-11,15H2,1-4H3. The summed E-state index contributed by atoms with van der Waals surface area (Å²) in [5, 5.41) is 3.63. The summed E-state index contributed by atoms with van der Waals surface area (Å²) in [5.41, 5.74) is 6.12. The molecule has 108 valence electrons. The van der Waals surface area contributed by atoms with E-state index in [1.165, 1.54) is 6.54 Å². The summed E-state index contributed by atoms with van der Waals surface area (Å²) < 4.78 is 5.29. The lowest BCUT2D eigenvalue weighted by molar-refractivity contribution is 0.0855. The molecule has 0 radical (unpaired) electrons. The summed E-state index contributed by atoms with van der Waals surface area (Å²) in [5.74, 6) is 0.747. The average Bonchev–Trinajstić information content (AvgIpc) is 2.37. The van der Waals surface area contributed by atoms with Gasteiger partial charge in [-0.05, 0) is 38.8 Å². The van der Waals surface area contributed by atoms with Crippen LogP contribution < -0.4 is 11.1 Å². The molecule has 4 heteroatoms. The summed E-state index contributed by atoms with van der Waals surface area (Å²) in [4.78, 5) is 2.56. The first-order valence-corrected chi connectivity index (χ1v) is 7.21. The minimum Gasteiger partial charge on any atom is -0.380 e. The number of hydrogen-bond acceptors (Lipinski definition) is 4. The summed E-state index contributed by atoms with van der Waals surface area (Å²) in [6.45, 7) is 11.8. The van der Waals surface area contributed by atoms with Crippen LogP contribution in [0.2, 0.25) is 0 Å². The summed E-state index contributed by atoms with van der Waals surface area (Å²) in [7, 11) is 1.76. The Hall–Kier alpha value is -0.160. The van der Waals surface area contributed by atoms with Crippen LogP contribution >= 0.6 is 0 Å². The van der Waals surface area contributed by atoms with Crippen LogP contribution in [0.15, 0.2) is 0 Å². The van der Waals surface area contributed by atoms with E-state index >= 15 is 0 Å². The fourth-order valence-electron chi connectivity index (χ4n) is 2.58. The maximum Gasteiger partial charge on any atom is 0.0667 e. The third-order valence-electron chi connectivity index (χ3n) is 3.99. The third-order valence-corrected chi connectivity index (χ3v) is 3.99. The van der Waals surface area contributed by atoms with Crippen molar-refractivity contribution in [3.8, 4) is 0 Å². The Morgan fingerprint density at radius 2 is 1.89 bits per heavy atom. The van der Waals surface area contributed by atoms with Gasteiger partial charge in [0.1, 0.15) is 0 Å². The molecule has 0 aromatic heterocycles. The molecular formula is C14H31N3O. The highest BCUT2D eigenvalue weighted by Crippen LogP contribution is 2.22. The molecule has 1 heterocycles. The van der Waals surface area contributed by atoms with Crippen molar-refractivity contribution < 1.29 is 4.74 Å². The van der Waals surface area contributed by atoms with Gasteiger partial charge in [-0.25, -0.2) is 0 Å². The first kappa shape index (κ1) is 15.9. The van der Waals surface area contributed by atoms with Crippen molar-refractivity contribution in [1.82, 2.24) is 10.2 Å². The fourth-order valence-corrected chi connectivity index (χ4v) is 2.58. The predicted molar refractivity (Wildman–Crippen MR) is 76.8 cm³/mol. The smallest absolute Gasteiger partial charge is 0.0667 e. The number of rotatable bonds is 7. The van der Waals surface area contributed by atoms with Crippen LogP contribution in [-0.4, -0.2) is 56.4 Å². The van der Waals surface area contributed by atoms with Crippen molar-refractivity contribution >= 4 is 0 Å². The molecule has 1 unspecified atom stereocenters. The maximum atomic E-state index is 5.99. The van der Waals surface area contributed by atoms with Gasteiger partial charge < -0.3 is 20.7 Å². The molecule has 4 nitrogen and oxygen atoms in total. The molecular weight excluding hydrogens is 226 g/mol. The second kappa shape index (κ2) is 7.43. The quantitative estimate of drug-likeness (QED) is 0.716. The molecule has 0 aromatic rings. The minimum absolute atomic E-state index is 0.125. The molecule has 1 aliphatic rings. The zero-order chi connectivity index (χ0) is 13.6. The van der Waals surface area contributed by atoms with E-state index in [0.29, 0.717) is 0 Å². The lowest BCUT2D eigenvalue weighted by Gasteiger charge is -2.42. The predicted octanol–water partition coefficient (Wildman–Crippen LogP) is 1.06. The highest BCUT2D eigenvalue weighted by molar-refractivity contribution is 4.94. The van der Waals surface area contributed by atoms with Gasteiger partial charge in [-0.15, -0.1) is 0 Å². The lowest BCUT2D eigenvalue weighted by atomic mass is 9.87. The van der Waals surface area contributed by atoms with E-state index in [1.54, 1.807) is 7.11 Å². The number of ether oxygens (including phenoxy) is 1. The number of likely N-dealkylation sites (tertiary alicyclic amines) is 1. The molecule has 18 heavy (non-hydrogen) atoms. The van der Waals surface area contributed by atoms with E-state index in [0.717, 1.165) is 44.9 Å². The van der Waals surface area contributed by atoms with Crippen LogP contribution in [0.25, 0.3) is 0 Å². The molecule has 0 aromatic carbocycles. The van der Waals surface area contributed by atoms with Crippen LogP contribution in [0.3, 0.4) is 0 Å². The largest absolute Gasteiger partial charge is 0.380 e. The van der Waals surface area contributed by atoms with Gasteiger partial charge in [-0.1, -0.05) is 13.8 Å². The zero-order valence-electron chi connectivity index (χ0n) is 12.5. The molecule has 0 spiro atoms. The normalized spacial score (nSPS) is 22.3. The van der Waals surface area contributed by atoms with E-state index in [1.807, 2.05) is 0 Å². The van der Waals surface area contributed by atoms with Gasteiger partial charge >= 0.3 is 0 Å². The maximum absolute atomic E-state index is 5.99. The van der Waals surface area contributed by atoms with E-state index in [2.05, 4.69) is 31.0 Å². The van der Waals surface area contributed by atoms with Crippen molar-refractivity contribution in [2.75, 3.05) is 39.8 Å². The Bertz CT molecular complexity index is 225. The van der Waals surface area contributed by atoms with Crippen molar-refractivity contribution in [2.24, 2.45) is 11.7 Å². The molecule has 1 saturated heterocycles. The van der Waals surface area contributed by atoms with E-state index in [4.69, 9.17) is 10.5 Å². The SMILES string of the molecule is COC(C)CNC1(CN)CCN(CC(C)C)CC1. The first-order chi connectivity index (χ1) is 8.51. The Morgan fingerprint density at radius 3 is 2.33 bits per heavy atom. The first-order valence-electron chi connectivity index (χ1n) is 7.21. The zero-order valence-corrected chi connectivity index (χ0v) is 12.5. The number of nitrogens with one attached hydrogen (secondary N) is 1. The highest BCUT2D eigenvalue weighted by Gasteiger charge is 2.33. The molecule has 1 fully saturated rings. The number of nitrogens with zero attached hydrogens (tertiary/aromatic N) is 1. The van der Waals surface area contributed by atoms with Crippen LogP contribution in [0, 0.1) is 5.92 Å². The minimum atomic E-state index is 0.125. The van der Waals surface area contributed by atoms with Gasteiger partial charge in [-0.3, -0.25) is 0 Å². The molecule has 0 saturated carbocycles. The molecule has 3 N–H and O–H groups in total. The molecule has 1 aliphatic heterocycles. The van der Waals surface area contributed by atoms with Crippen molar-refractivity contribution in [1.29, 1.82) is 0 Å². The monoisotopic (exact) mass is 257 g/mol. The van der Waals surface area contributed by atoms with Crippen molar-refractivity contribution in [2.45, 2.75) is 45.3 Å². The lowest BCUT2D eigenvalue weighted by Crippen LogP contribution is -2.59. The van der Waals surface area contributed by atoms with Gasteiger partial charge in [-0.2, -0.15) is 0 Å². The number of hydrogen-bond donors (Lipinski definition) is 2. The Kier molecular flexibility index (Phi) is 6.57. The van der Waals surface area contributed by atoms with Gasteiger partial charge in [0.25, 0.3) is 0 Å². The van der Waals surface area contributed by atoms with E-state index < -0.39 is 0 Å². The molecule has 0 aliphatic carbocycles. The van der Waals surface area contributed by atoms with Crippen molar-refractivity contribution in [3.05, 3.63) is 0 Å². The summed E-state index contributed by atoms with van der Waals surface area (Å²) in [6.07, 6.45) is 2.54. The second-order valence-electron chi connectivity index (χ2n) is 6.11. The number of piperidine rings is 1. The van der Waals surface area contributed by atoms with E-state index in [9.17, 15) is 0 Å². The van der Waals surface area contributed by atoms with Crippen molar-refractivity contribution in [3.63, 3.8) is 0 Å². The Morgan fingerprint density at radius 1 is 1.28 bits per heavy atom.